The molecular weight excluding hydrogens is 1460 g/mol. The second-order valence-electron chi connectivity index (χ2n) is 22.1. The molecule has 0 aromatic heterocycles. The SMILES string of the molecule is N[C@H]1[C@H](O[C@H]2[C@H](O)[C@@H](OS(=O)(=O)O)[C@H](O[C@H]3[C@H](O)[C@@H](N)[C@H](O[C@H]4[C@H](O)[C@@H](O)[C@@H](O[C@H]5[C@H](O)[C@@H](N)[C@H](O[C@H]6[C@H](O)[C@@H](O)[C@@H](O)O[C@@H]6C(=O)O)O[C@@H]5COS(=O)(=O)O)O[C@@H]4C(=O)O)O[C@@H]3COS(=O)(=O)O)O[C@H]2C(=O)O)O[C@H](COS(=O)(=O)O)[C@@H](O[C@H]2O[C@H](C(=O)O)[C@@H](O)[C@H](O)[C@H]2O)[C@@H]1O. The molecule has 0 spiro atoms. The number of aliphatic hydroxyl groups excluding tert-OH is 12. The first-order valence-electron chi connectivity index (χ1n) is 27.5. The first-order chi connectivity index (χ1) is 45.1. The van der Waals surface area contributed by atoms with Crippen molar-refractivity contribution in [1.82, 2.24) is 0 Å². The summed E-state index contributed by atoms with van der Waals surface area (Å²) in [6.45, 7) is -4.63. The fourth-order valence-corrected chi connectivity index (χ4v) is 12.1. The zero-order chi connectivity index (χ0) is 73.7. The van der Waals surface area contributed by atoms with E-state index in [4.69, 9.17) is 78.8 Å². The Morgan fingerprint density at radius 3 is 0.918 bits per heavy atom. The molecule has 7 rings (SSSR count). The second kappa shape index (κ2) is 32.1. The number of nitrogens with two attached hydrogens (primary N) is 3. The zero-order valence-corrected chi connectivity index (χ0v) is 51.7. The number of carboxylic acids is 4. The molecule has 0 amide bonds. The van der Waals surface area contributed by atoms with Gasteiger partial charge in [0, 0.05) is 0 Å². The Balaban J connectivity index is 1.11. The van der Waals surface area contributed by atoms with Gasteiger partial charge >= 0.3 is 65.5 Å². The number of ether oxygens (including phenoxy) is 13. The minimum absolute atomic E-state index is 1.46. The maximum atomic E-state index is 13.0. The highest BCUT2D eigenvalue weighted by Gasteiger charge is 2.61. The van der Waals surface area contributed by atoms with E-state index in [1.54, 1.807) is 0 Å². The van der Waals surface area contributed by atoms with Crippen molar-refractivity contribution >= 4 is 65.5 Å². The van der Waals surface area contributed by atoms with Gasteiger partial charge in [-0.3, -0.25) is 18.2 Å². The average Bonchev–Trinajstić information content (AvgIpc) is 0.772. The minimum atomic E-state index is -6.01. The van der Waals surface area contributed by atoms with Crippen molar-refractivity contribution in [2.24, 2.45) is 17.2 Å². The van der Waals surface area contributed by atoms with Crippen LogP contribution in [0.25, 0.3) is 0 Å². The van der Waals surface area contributed by atoms with Gasteiger partial charge in [0.2, 0.25) is 0 Å². The maximum Gasteiger partial charge on any atom is 0.397 e. The Kier molecular flexibility index (Phi) is 26.7. The normalized spacial score (nSPS) is 45.5. The molecule has 0 aromatic rings. The molecular formula is C42H67N3O49S4. The van der Waals surface area contributed by atoms with Crippen molar-refractivity contribution in [2.75, 3.05) is 19.8 Å². The lowest BCUT2D eigenvalue weighted by Crippen LogP contribution is -2.70. The van der Waals surface area contributed by atoms with Crippen molar-refractivity contribution in [3.8, 4) is 0 Å². The molecule has 0 unspecified atom stereocenters. The molecule has 0 aliphatic carbocycles. The van der Waals surface area contributed by atoms with Gasteiger partial charge in [-0.2, -0.15) is 33.7 Å². The van der Waals surface area contributed by atoms with E-state index in [-0.39, 0.29) is 0 Å². The molecule has 0 aromatic carbocycles. The lowest BCUT2D eigenvalue weighted by Gasteiger charge is -2.50. The van der Waals surface area contributed by atoms with Gasteiger partial charge in [0.15, 0.2) is 74.6 Å². The number of carbonyl (C=O) groups is 4. The average molecular weight is 1530 g/mol. The summed E-state index contributed by atoms with van der Waals surface area (Å²) in [4.78, 5) is 49.5. The largest absolute Gasteiger partial charge is 0.479 e. The topological polar surface area (TPSA) is 844 Å². The van der Waals surface area contributed by atoms with Crippen molar-refractivity contribution in [1.29, 1.82) is 0 Å². The molecule has 7 aliphatic heterocycles. The van der Waals surface area contributed by atoms with E-state index in [1.807, 2.05) is 0 Å². The molecule has 56 heteroatoms. The fourth-order valence-electron chi connectivity index (χ4n) is 10.7. The fraction of sp³-hybridized carbons (Fsp3) is 0.905. The third-order valence-electron chi connectivity index (χ3n) is 15.5. The van der Waals surface area contributed by atoms with Crippen LogP contribution in [0.5, 0.6) is 0 Å². The molecule has 26 N–H and O–H groups in total. The molecule has 0 radical (unpaired) electrons. The molecule has 7 saturated heterocycles. The summed E-state index contributed by atoms with van der Waals surface area (Å²) in [5.41, 5.74) is 18.4. The van der Waals surface area contributed by atoms with Crippen LogP contribution in [-0.2, 0) is 139 Å². The number of rotatable bonds is 27. The molecule has 0 bridgehead atoms. The summed E-state index contributed by atoms with van der Waals surface area (Å²) in [5.74, 6) is -8.35. The van der Waals surface area contributed by atoms with Gasteiger partial charge in [0.05, 0.1) is 37.9 Å². The van der Waals surface area contributed by atoms with Crippen LogP contribution in [0.15, 0.2) is 0 Å². The molecule has 52 nitrogen and oxygen atoms in total. The predicted molar refractivity (Wildman–Crippen MR) is 282 cm³/mol. The van der Waals surface area contributed by atoms with Crippen LogP contribution in [-0.4, -0.2) is 392 Å². The highest BCUT2D eigenvalue weighted by Crippen LogP contribution is 2.39. The standard InChI is InChI=1S/C42H67N3O49S4/c43-7-10(46)22(5(2-79-96(69,70)71)81-37(7)88-24-15(51)17(53)36(65)84-29(24)33(59)60)86-41-19(55)16(52)25(30(92-41)34(61)62)89-38-9(45)12(48)23(6(83-38)3-80-97(72,73)74)87-42-28(94-98(75,76)77)20(56)26(31(93-42)35(63)64)90-39-8(44)11(47)21(4(82-39)1-78-95(66,67)68)85-40-18(54)13(49)14(50)27(91-40)32(57)58/h4-31,36-42,46-56,65H,1-3,43-45H2,(H,57,58)(H,59,60)(H,61,62)(H,63,64)(H,66,67,68)(H,69,70,71)(H,72,73,74)(H,75,76,77)/t4-,5-,6-,7-,8-,9-,10-,11-,12-,13+,14+,15-,16-,17-,18-,19-,20+,21-,22-,23-,24+,25+,26+,27+,28-,29+,30+,31-,36+,37+,38+,39+,40+,41+,42-/m1/s1. The smallest absolute Gasteiger partial charge is 0.397 e. The van der Waals surface area contributed by atoms with E-state index in [0.717, 1.165) is 0 Å². The van der Waals surface area contributed by atoms with Crippen LogP contribution in [0.3, 0.4) is 0 Å². The molecule has 7 aliphatic rings. The molecule has 0 saturated carbocycles. The maximum absolute atomic E-state index is 13.0. The van der Waals surface area contributed by atoms with E-state index in [2.05, 4.69) is 16.7 Å². The van der Waals surface area contributed by atoms with Crippen molar-refractivity contribution in [3.05, 3.63) is 0 Å². The lowest BCUT2D eigenvalue weighted by atomic mass is 9.94. The van der Waals surface area contributed by atoms with Crippen LogP contribution in [0.4, 0.5) is 0 Å². The number of hydrogen-bond acceptors (Lipinski definition) is 44. The van der Waals surface area contributed by atoms with Gasteiger partial charge in [-0.1, -0.05) is 0 Å². The quantitative estimate of drug-likeness (QED) is 0.0340. The third kappa shape index (κ3) is 19.3. The Morgan fingerprint density at radius 1 is 0.296 bits per heavy atom. The Hall–Kier alpha value is -3.76. The Labute approximate surface area is 546 Å². The molecule has 568 valence electrons. The van der Waals surface area contributed by atoms with E-state index in [9.17, 15) is 153 Å². The van der Waals surface area contributed by atoms with Gasteiger partial charge in [0.1, 0.15) is 122 Å². The van der Waals surface area contributed by atoms with Gasteiger partial charge in [-0.25, -0.2) is 35.9 Å². The summed E-state index contributed by atoms with van der Waals surface area (Å²) in [7, 11) is -22.7. The summed E-state index contributed by atoms with van der Waals surface area (Å²) in [6, 6.07) is -6.67. The van der Waals surface area contributed by atoms with E-state index in [0.29, 0.717) is 0 Å². The number of hydrogen-bond donors (Lipinski definition) is 23. The van der Waals surface area contributed by atoms with E-state index in [1.165, 1.54) is 0 Å². The van der Waals surface area contributed by atoms with E-state index < -0.39 is 300 Å². The Bertz CT molecular complexity index is 3240. The molecule has 7 fully saturated rings. The van der Waals surface area contributed by atoms with Crippen LogP contribution in [0.1, 0.15) is 0 Å². The van der Waals surface area contributed by atoms with Crippen LogP contribution < -0.4 is 17.2 Å². The van der Waals surface area contributed by atoms with Gasteiger partial charge < -0.3 is 160 Å². The predicted octanol–water partition coefficient (Wildman–Crippen LogP) is -16.7. The van der Waals surface area contributed by atoms with Gasteiger partial charge in [0.25, 0.3) is 0 Å². The second-order valence-corrected chi connectivity index (χ2v) is 26.4. The first-order valence-corrected chi connectivity index (χ1v) is 32.9. The highest BCUT2D eigenvalue weighted by molar-refractivity contribution is 7.81. The van der Waals surface area contributed by atoms with Crippen molar-refractivity contribution in [2.45, 2.75) is 215 Å². The van der Waals surface area contributed by atoms with Crippen LogP contribution >= 0.6 is 0 Å². The monoisotopic (exact) mass is 1530 g/mol. The Morgan fingerprint density at radius 2 is 0.582 bits per heavy atom. The minimum Gasteiger partial charge on any atom is -0.479 e. The van der Waals surface area contributed by atoms with Crippen LogP contribution in [0, 0.1) is 0 Å². The van der Waals surface area contributed by atoms with Crippen LogP contribution in [0.2, 0.25) is 0 Å². The number of aliphatic hydroxyl groups is 12. The van der Waals surface area contributed by atoms with Crippen molar-refractivity contribution in [3.63, 3.8) is 0 Å². The number of aliphatic carboxylic acids is 4. The first kappa shape index (κ1) is 81.5. The zero-order valence-electron chi connectivity index (χ0n) is 48.5. The summed E-state index contributed by atoms with van der Waals surface area (Å²) in [5, 5.41) is 171. The molecule has 7 heterocycles. The summed E-state index contributed by atoms with van der Waals surface area (Å²) in [6.07, 6.45) is -80.0. The number of carboxylic acid groups (broad SMARTS) is 4. The van der Waals surface area contributed by atoms with E-state index >= 15 is 0 Å². The summed E-state index contributed by atoms with van der Waals surface area (Å²) >= 11 is 0. The molecule has 35 atom stereocenters. The van der Waals surface area contributed by atoms with Gasteiger partial charge in [-0.05, 0) is 0 Å². The summed E-state index contributed by atoms with van der Waals surface area (Å²) < 4.78 is 221. The van der Waals surface area contributed by atoms with Crippen molar-refractivity contribution < 1.29 is 231 Å². The molecule has 98 heavy (non-hydrogen) atoms. The third-order valence-corrected chi connectivity index (χ3v) is 17.2. The lowest BCUT2D eigenvalue weighted by molar-refractivity contribution is -0.377. The highest BCUT2D eigenvalue weighted by atomic mass is 32.3. The van der Waals surface area contributed by atoms with Gasteiger partial charge in [-0.15, -0.1) is 0 Å².